The van der Waals surface area contributed by atoms with Gasteiger partial charge in [0.2, 0.25) is 0 Å². The minimum absolute atomic E-state index is 0.00668. The van der Waals surface area contributed by atoms with E-state index in [1.54, 1.807) is 31.4 Å². The average molecular weight is 428 g/mol. The second kappa shape index (κ2) is 9.88. The standard InChI is InChI=1S/C26H24N2O4/c1-30-25-10-7-18(12-21(15-27)26(29)28-16-24-6-3-11-31-24)13-22(25)17-32-23-9-8-19-4-2-5-20(19)14-23/h3,6-14H,2,4-5,16-17H2,1H3,(H,28,29). The van der Waals surface area contributed by atoms with E-state index in [0.29, 0.717) is 23.7 Å². The van der Waals surface area contributed by atoms with Crippen molar-refractivity contribution in [1.82, 2.24) is 5.32 Å². The van der Waals surface area contributed by atoms with E-state index in [4.69, 9.17) is 13.9 Å². The zero-order valence-electron chi connectivity index (χ0n) is 17.9. The van der Waals surface area contributed by atoms with Gasteiger partial charge < -0.3 is 19.2 Å². The quantitative estimate of drug-likeness (QED) is 0.419. The maximum atomic E-state index is 12.4. The van der Waals surface area contributed by atoms with E-state index in [-0.39, 0.29) is 12.1 Å². The van der Waals surface area contributed by atoms with Gasteiger partial charge in [0, 0.05) is 5.56 Å². The van der Waals surface area contributed by atoms with Crippen LogP contribution in [0.4, 0.5) is 0 Å². The first-order valence-electron chi connectivity index (χ1n) is 10.5. The van der Waals surface area contributed by atoms with Crippen molar-refractivity contribution in [3.8, 4) is 17.6 Å². The summed E-state index contributed by atoms with van der Waals surface area (Å²) in [6.45, 7) is 0.531. The van der Waals surface area contributed by atoms with E-state index < -0.39 is 5.91 Å². The number of nitrogens with one attached hydrogen (secondary N) is 1. The molecule has 1 aromatic heterocycles. The summed E-state index contributed by atoms with van der Waals surface area (Å²) in [6.07, 6.45) is 6.50. The van der Waals surface area contributed by atoms with Crippen LogP contribution in [0.5, 0.6) is 11.5 Å². The van der Waals surface area contributed by atoms with Crippen LogP contribution in [0.15, 0.2) is 64.8 Å². The molecule has 32 heavy (non-hydrogen) atoms. The molecule has 1 aliphatic rings. The Kier molecular flexibility index (Phi) is 6.57. The summed E-state index contributed by atoms with van der Waals surface area (Å²) in [6, 6.07) is 17.2. The second-order valence-corrected chi connectivity index (χ2v) is 7.58. The molecule has 0 fully saturated rings. The van der Waals surface area contributed by atoms with Gasteiger partial charge in [-0.2, -0.15) is 5.26 Å². The summed E-state index contributed by atoms with van der Waals surface area (Å²) >= 11 is 0. The lowest BCUT2D eigenvalue weighted by Crippen LogP contribution is -2.23. The Morgan fingerprint density at radius 2 is 2.06 bits per heavy atom. The fraction of sp³-hybridized carbons (Fsp3) is 0.231. The molecule has 1 amide bonds. The summed E-state index contributed by atoms with van der Waals surface area (Å²) in [5.41, 5.74) is 4.30. The van der Waals surface area contributed by atoms with Gasteiger partial charge in [0.05, 0.1) is 19.9 Å². The van der Waals surface area contributed by atoms with Gasteiger partial charge in [-0.3, -0.25) is 4.79 Å². The first-order chi connectivity index (χ1) is 15.7. The fourth-order valence-electron chi connectivity index (χ4n) is 3.79. The maximum Gasteiger partial charge on any atom is 0.262 e. The molecule has 1 heterocycles. The molecule has 0 unspecified atom stereocenters. The SMILES string of the molecule is COc1ccc(C=C(C#N)C(=O)NCc2ccco2)cc1COc1ccc2c(c1)CCC2. The predicted octanol–water partition coefficient (Wildman–Crippen LogP) is 4.58. The molecule has 0 spiro atoms. The lowest BCUT2D eigenvalue weighted by atomic mass is 10.1. The largest absolute Gasteiger partial charge is 0.496 e. The van der Waals surface area contributed by atoms with Crippen LogP contribution in [0, 0.1) is 11.3 Å². The molecule has 162 valence electrons. The Morgan fingerprint density at radius 1 is 1.19 bits per heavy atom. The van der Waals surface area contributed by atoms with E-state index in [9.17, 15) is 10.1 Å². The lowest BCUT2D eigenvalue weighted by molar-refractivity contribution is -0.117. The molecule has 0 saturated heterocycles. The van der Waals surface area contributed by atoms with Crippen molar-refractivity contribution in [3.63, 3.8) is 0 Å². The van der Waals surface area contributed by atoms with Gasteiger partial charge in [-0.05, 0) is 78.4 Å². The zero-order chi connectivity index (χ0) is 22.3. The third kappa shape index (κ3) is 5.01. The molecule has 0 atom stereocenters. The van der Waals surface area contributed by atoms with Crippen LogP contribution in [0.25, 0.3) is 6.08 Å². The molecule has 0 saturated carbocycles. The van der Waals surface area contributed by atoms with Gasteiger partial charge in [0.15, 0.2) is 0 Å². The van der Waals surface area contributed by atoms with Crippen LogP contribution >= 0.6 is 0 Å². The Bertz CT molecular complexity index is 1170. The van der Waals surface area contributed by atoms with Crippen molar-refractivity contribution in [2.45, 2.75) is 32.4 Å². The molecular formula is C26H24N2O4. The van der Waals surface area contributed by atoms with Crippen molar-refractivity contribution in [1.29, 1.82) is 5.26 Å². The molecule has 0 bridgehead atoms. The number of furan rings is 1. The van der Waals surface area contributed by atoms with Crippen LogP contribution in [0.1, 0.15) is 34.4 Å². The number of rotatable bonds is 8. The van der Waals surface area contributed by atoms with E-state index >= 15 is 0 Å². The van der Waals surface area contributed by atoms with Crippen LogP contribution < -0.4 is 14.8 Å². The van der Waals surface area contributed by atoms with Crippen LogP contribution in [0.2, 0.25) is 0 Å². The first-order valence-corrected chi connectivity index (χ1v) is 10.5. The lowest BCUT2D eigenvalue weighted by Gasteiger charge is -2.12. The molecule has 2 aromatic carbocycles. The number of hydrogen-bond acceptors (Lipinski definition) is 5. The molecule has 1 N–H and O–H groups in total. The molecule has 0 aliphatic heterocycles. The summed E-state index contributed by atoms with van der Waals surface area (Å²) in [5, 5.41) is 12.1. The van der Waals surface area contributed by atoms with E-state index in [1.165, 1.54) is 23.8 Å². The van der Waals surface area contributed by atoms with Gasteiger partial charge in [-0.25, -0.2) is 0 Å². The number of aryl methyl sites for hydroxylation is 2. The Balaban J connectivity index is 1.47. The topological polar surface area (TPSA) is 84.5 Å². The van der Waals surface area contributed by atoms with Gasteiger partial charge in [0.1, 0.15) is 35.5 Å². The average Bonchev–Trinajstić information content (AvgIpc) is 3.51. The zero-order valence-corrected chi connectivity index (χ0v) is 17.9. The van der Waals surface area contributed by atoms with E-state index in [0.717, 1.165) is 24.2 Å². The number of carbonyl (C=O) groups is 1. The molecule has 4 rings (SSSR count). The number of nitrogens with zero attached hydrogens (tertiary/aromatic N) is 1. The van der Waals surface area contributed by atoms with Gasteiger partial charge in [0.25, 0.3) is 5.91 Å². The third-order valence-corrected chi connectivity index (χ3v) is 5.45. The predicted molar refractivity (Wildman–Crippen MR) is 120 cm³/mol. The first kappa shape index (κ1) is 21.3. The van der Waals surface area contributed by atoms with Gasteiger partial charge in [-0.15, -0.1) is 0 Å². The molecule has 1 aliphatic carbocycles. The molecule has 3 aromatic rings. The normalized spacial score (nSPS) is 12.7. The Labute approximate surface area is 187 Å². The Hall–Kier alpha value is -3.98. The smallest absolute Gasteiger partial charge is 0.262 e. The van der Waals surface area contributed by atoms with Crippen LogP contribution in [0.3, 0.4) is 0 Å². The number of fused-ring (bicyclic) bond motifs is 1. The van der Waals surface area contributed by atoms with Crippen LogP contribution in [-0.4, -0.2) is 13.0 Å². The minimum Gasteiger partial charge on any atom is -0.496 e. The summed E-state index contributed by atoms with van der Waals surface area (Å²) in [7, 11) is 1.60. The number of hydrogen-bond donors (Lipinski definition) is 1. The van der Waals surface area contributed by atoms with E-state index in [2.05, 4.69) is 17.4 Å². The van der Waals surface area contributed by atoms with Gasteiger partial charge >= 0.3 is 0 Å². The van der Waals surface area contributed by atoms with Crippen molar-refractivity contribution in [2.75, 3.05) is 7.11 Å². The third-order valence-electron chi connectivity index (χ3n) is 5.45. The highest BCUT2D eigenvalue weighted by Gasteiger charge is 2.13. The monoisotopic (exact) mass is 428 g/mol. The molecule has 6 nitrogen and oxygen atoms in total. The highest BCUT2D eigenvalue weighted by molar-refractivity contribution is 6.01. The van der Waals surface area contributed by atoms with E-state index in [1.807, 2.05) is 24.3 Å². The van der Waals surface area contributed by atoms with Crippen molar-refractivity contribution >= 4 is 12.0 Å². The highest BCUT2D eigenvalue weighted by atomic mass is 16.5. The highest BCUT2D eigenvalue weighted by Crippen LogP contribution is 2.28. The molecule has 6 heteroatoms. The fourth-order valence-corrected chi connectivity index (χ4v) is 3.79. The Morgan fingerprint density at radius 3 is 2.84 bits per heavy atom. The number of nitriles is 1. The van der Waals surface area contributed by atoms with Crippen molar-refractivity contribution in [3.05, 3.63) is 88.4 Å². The molecular weight excluding hydrogens is 404 g/mol. The summed E-state index contributed by atoms with van der Waals surface area (Å²) < 4.78 is 16.7. The number of amides is 1. The number of benzene rings is 2. The van der Waals surface area contributed by atoms with Crippen LogP contribution in [-0.2, 0) is 30.8 Å². The number of ether oxygens (including phenoxy) is 2. The number of carbonyl (C=O) groups excluding carboxylic acids is 1. The van der Waals surface area contributed by atoms with Crippen molar-refractivity contribution in [2.24, 2.45) is 0 Å². The number of methoxy groups -OCH3 is 1. The minimum atomic E-state index is -0.462. The summed E-state index contributed by atoms with van der Waals surface area (Å²) in [4.78, 5) is 12.4. The second-order valence-electron chi connectivity index (χ2n) is 7.58. The summed E-state index contributed by atoms with van der Waals surface area (Å²) in [5.74, 6) is 1.66. The van der Waals surface area contributed by atoms with Gasteiger partial charge in [-0.1, -0.05) is 12.1 Å². The maximum absolute atomic E-state index is 12.4. The van der Waals surface area contributed by atoms with Crippen molar-refractivity contribution < 1.29 is 18.7 Å². The molecule has 0 radical (unpaired) electrons.